The minimum absolute atomic E-state index is 0.0804. The first-order chi connectivity index (χ1) is 20.5. The van der Waals surface area contributed by atoms with Crippen molar-refractivity contribution in [3.63, 3.8) is 0 Å². The van der Waals surface area contributed by atoms with Gasteiger partial charge < -0.3 is 20.4 Å². The van der Waals surface area contributed by atoms with E-state index in [1.807, 2.05) is 84.6 Å². The van der Waals surface area contributed by atoms with Crippen LogP contribution in [0.2, 0.25) is 0 Å². The Labute approximate surface area is 263 Å². The van der Waals surface area contributed by atoms with Crippen molar-refractivity contribution < 1.29 is 9.59 Å². The number of amides is 2. The van der Waals surface area contributed by atoms with Gasteiger partial charge in [0.2, 0.25) is 11.8 Å². The molecule has 2 aromatic rings. The van der Waals surface area contributed by atoms with E-state index < -0.39 is 0 Å². The van der Waals surface area contributed by atoms with Crippen LogP contribution in [0.15, 0.2) is 109 Å². The number of rotatable bonds is 16. The van der Waals surface area contributed by atoms with Gasteiger partial charge in [-0.05, 0) is 84.4 Å². The van der Waals surface area contributed by atoms with Crippen LogP contribution in [0.4, 0.5) is 11.4 Å². The Balaban J connectivity index is 1.69. The number of carbonyl (C=O) groups is 2. The molecule has 0 saturated carbocycles. The molecule has 2 amide bonds. The lowest BCUT2D eigenvalue weighted by Crippen LogP contribution is -2.29. The molecule has 0 atom stereocenters. The lowest BCUT2D eigenvalue weighted by atomic mass is 10.1. The Morgan fingerprint density at radius 3 is 2.09 bits per heavy atom. The molecule has 0 unspecified atom stereocenters. The first kappa shape index (κ1) is 34.9. The standard InChI is InChI=1S/C33H40N6O2S2/c1-7-19-39(9-3)29-17-12-15-27(21-29)22-31(40)36-25(5)42-24(4)13-10-18-30(34)43-33(35)37-32(41)23-26-14-11-16-28(20-26)38(6)8-2/h7-9,11-12,14-17,19-21,34H,2-5,10,13,18,22-23H2,1,6H3,(H,36,40)(H2,35,37,41)/b19-7-,34-30?. The number of benzene rings is 2. The minimum Gasteiger partial charge on any atom is -0.352 e. The highest BCUT2D eigenvalue weighted by Crippen LogP contribution is 2.26. The van der Waals surface area contributed by atoms with Gasteiger partial charge in [-0.1, -0.05) is 68.4 Å². The molecule has 0 bridgehead atoms. The highest BCUT2D eigenvalue weighted by molar-refractivity contribution is 8.26. The molecular formula is C33H40N6O2S2. The average Bonchev–Trinajstić information content (AvgIpc) is 2.95. The van der Waals surface area contributed by atoms with Gasteiger partial charge in [0.15, 0.2) is 5.17 Å². The van der Waals surface area contributed by atoms with Gasteiger partial charge in [-0.2, -0.15) is 0 Å². The molecule has 0 aromatic heterocycles. The zero-order valence-corrected chi connectivity index (χ0v) is 26.5. The van der Waals surface area contributed by atoms with Gasteiger partial charge in [0.05, 0.1) is 22.9 Å². The van der Waals surface area contributed by atoms with Gasteiger partial charge in [-0.25, -0.2) is 0 Å². The minimum atomic E-state index is -0.311. The average molecular weight is 617 g/mol. The summed E-state index contributed by atoms with van der Waals surface area (Å²) in [6, 6.07) is 15.2. The molecule has 2 rings (SSSR count). The summed E-state index contributed by atoms with van der Waals surface area (Å²) in [5, 5.41) is 22.3. The largest absolute Gasteiger partial charge is 0.352 e. The van der Waals surface area contributed by atoms with E-state index in [1.165, 1.54) is 11.8 Å². The molecule has 2 aromatic carbocycles. The molecule has 0 aliphatic heterocycles. The van der Waals surface area contributed by atoms with Crippen molar-refractivity contribution in [1.82, 2.24) is 10.6 Å². The summed E-state index contributed by atoms with van der Waals surface area (Å²) in [6.07, 6.45) is 9.22. The van der Waals surface area contributed by atoms with E-state index in [0.717, 1.165) is 39.2 Å². The first-order valence-electron chi connectivity index (χ1n) is 13.6. The normalized spacial score (nSPS) is 10.5. The van der Waals surface area contributed by atoms with Crippen LogP contribution in [0, 0.1) is 10.8 Å². The summed E-state index contributed by atoms with van der Waals surface area (Å²) in [5.74, 6) is -0.483. The van der Waals surface area contributed by atoms with E-state index in [2.05, 4.69) is 36.9 Å². The second kappa shape index (κ2) is 18.3. The van der Waals surface area contributed by atoms with Crippen molar-refractivity contribution >= 4 is 56.9 Å². The third-order valence-electron chi connectivity index (χ3n) is 5.92. The smallest absolute Gasteiger partial charge is 0.230 e. The maximum absolute atomic E-state index is 12.6. The molecule has 0 radical (unpaired) electrons. The van der Waals surface area contributed by atoms with Crippen molar-refractivity contribution in [2.75, 3.05) is 16.8 Å². The van der Waals surface area contributed by atoms with Gasteiger partial charge in [0, 0.05) is 30.8 Å². The zero-order chi connectivity index (χ0) is 31.8. The number of nitrogens with one attached hydrogen (secondary N) is 4. The number of allylic oxidation sites excluding steroid dienone is 2. The Hall–Kier alpha value is -4.28. The van der Waals surface area contributed by atoms with E-state index in [0.29, 0.717) is 24.3 Å². The molecule has 226 valence electrons. The summed E-state index contributed by atoms with van der Waals surface area (Å²) < 4.78 is 0. The Morgan fingerprint density at radius 2 is 1.49 bits per heavy atom. The number of carbonyl (C=O) groups excluding carboxylic acids is 2. The number of amidine groups is 1. The zero-order valence-electron chi connectivity index (χ0n) is 24.8. The molecule has 43 heavy (non-hydrogen) atoms. The summed E-state index contributed by atoms with van der Waals surface area (Å²) in [5.41, 5.74) is 3.52. The summed E-state index contributed by atoms with van der Waals surface area (Å²) in [7, 11) is 1.87. The van der Waals surface area contributed by atoms with Crippen molar-refractivity contribution in [1.29, 1.82) is 10.8 Å². The Morgan fingerprint density at radius 1 is 0.884 bits per heavy atom. The topological polar surface area (TPSA) is 112 Å². The third kappa shape index (κ3) is 13.1. The number of anilines is 2. The van der Waals surface area contributed by atoms with Crippen LogP contribution in [-0.2, 0) is 22.4 Å². The molecule has 0 aliphatic rings. The van der Waals surface area contributed by atoms with Crippen molar-refractivity contribution in [3.05, 3.63) is 121 Å². The molecule has 0 spiro atoms. The molecule has 4 N–H and O–H groups in total. The first-order valence-corrected chi connectivity index (χ1v) is 15.2. The Kier molecular flexibility index (Phi) is 14.9. The van der Waals surface area contributed by atoms with Crippen LogP contribution in [0.1, 0.15) is 37.3 Å². The summed E-state index contributed by atoms with van der Waals surface area (Å²) >= 11 is 2.22. The van der Waals surface area contributed by atoms with E-state index in [1.54, 1.807) is 12.4 Å². The van der Waals surface area contributed by atoms with Gasteiger partial charge >= 0.3 is 0 Å². The second-order valence-electron chi connectivity index (χ2n) is 9.43. The fourth-order valence-electron chi connectivity index (χ4n) is 3.87. The van der Waals surface area contributed by atoms with Gasteiger partial charge in [0.25, 0.3) is 0 Å². The van der Waals surface area contributed by atoms with E-state index in [-0.39, 0.29) is 34.9 Å². The van der Waals surface area contributed by atoms with E-state index in [9.17, 15) is 9.59 Å². The maximum Gasteiger partial charge on any atom is 0.230 e. The van der Waals surface area contributed by atoms with E-state index in [4.69, 9.17) is 10.8 Å². The number of nitrogens with zero attached hydrogens (tertiary/aromatic N) is 2. The third-order valence-corrected chi connectivity index (χ3v) is 7.52. The summed E-state index contributed by atoms with van der Waals surface area (Å²) in [6.45, 7) is 17.5. The van der Waals surface area contributed by atoms with Crippen LogP contribution in [0.5, 0.6) is 0 Å². The molecular weight excluding hydrogens is 577 g/mol. The fourth-order valence-corrected chi connectivity index (χ4v) is 5.29. The van der Waals surface area contributed by atoms with Crippen LogP contribution in [-0.4, -0.2) is 29.1 Å². The quantitative estimate of drug-likeness (QED) is 0.116. The molecule has 8 nitrogen and oxygen atoms in total. The fraction of sp³-hybridized carbons (Fsp3) is 0.212. The van der Waals surface area contributed by atoms with Crippen molar-refractivity contribution in [2.24, 2.45) is 0 Å². The van der Waals surface area contributed by atoms with Gasteiger partial charge in [-0.15, -0.1) is 0 Å². The number of hydrogen-bond donors (Lipinski definition) is 4. The SMILES string of the molecule is C=CN(C)c1cccc(CC(=O)NC(=N)SC(=N)CCCC(=C)SC(=C)NC(=O)Cc2cccc(N(C=C)/C=C\C)c2)c1. The van der Waals surface area contributed by atoms with E-state index >= 15 is 0 Å². The maximum atomic E-state index is 12.6. The van der Waals surface area contributed by atoms with Crippen LogP contribution < -0.4 is 20.4 Å². The lowest BCUT2D eigenvalue weighted by Gasteiger charge is -2.16. The lowest BCUT2D eigenvalue weighted by molar-refractivity contribution is -0.120. The second-order valence-corrected chi connectivity index (χ2v) is 11.8. The predicted octanol–water partition coefficient (Wildman–Crippen LogP) is 7.30. The van der Waals surface area contributed by atoms with Gasteiger partial charge in [0.1, 0.15) is 0 Å². The van der Waals surface area contributed by atoms with Gasteiger partial charge in [-0.3, -0.25) is 20.4 Å². The number of hydrogen-bond acceptors (Lipinski definition) is 8. The molecule has 0 aliphatic carbocycles. The summed E-state index contributed by atoms with van der Waals surface area (Å²) in [4.78, 5) is 29.5. The van der Waals surface area contributed by atoms with Crippen LogP contribution in [0.25, 0.3) is 0 Å². The highest BCUT2D eigenvalue weighted by atomic mass is 32.2. The van der Waals surface area contributed by atoms with Crippen LogP contribution in [0.3, 0.4) is 0 Å². The molecule has 0 saturated heterocycles. The molecule has 0 fully saturated rings. The highest BCUT2D eigenvalue weighted by Gasteiger charge is 2.12. The predicted molar refractivity (Wildman–Crippen MR) is 185 cm³/mol. The Bertz CT molecular complexity index is 1400. The van der Waals surface area contributed by atoms with Crippen LogP contribution >= 0.6 is 23.5 Å². The number of thioether (sulfide) groups is 2. The monoisotopic (exact) mass is 616 g/mol. The molecule has 0 heterocycles. The van der Waals surface area contributed by atoms with Crippen molar-refractivity contribution in [2.45, 2.75) is 39.0 Å². The van der Waals surface area contributed by atoms with Crippen molar-refractivity contribution in [3.8, 4) is 0 Å². The molecule has 10 heteroatoms.